The zero-order valence-corrected chi connectivity index (χ0v) is 17.7. The van der Waals surface area contributed by atoms with E-state index in [1.165, 1.54) is 23.1 Å². The van der Waals surface area contributed by atoms with Crippen molar-refractivity contribution >= 4 is 46.5 Å². The number of carbonyl (C=O) groups is 1. The minimum atomic E-state index is -0.902. The molecule has 0 fully saturated rings. The molecule has 0 atom stereocenters. The Morgan fingerprint density at radius 1 is 1.25 bits per heavy atom. The van der Waals surface area contributed by atoms with E-state index in [-0.39, 0.29) is 0 Å². The molecule has 0 aliphatic heterocycles. The van der Waals surface area contributed by atoms with E-state index in [4.69, 9.17) is 11.6 Å². The quantitative estimate of drug-likeness (QED) is 0.489. The van der Waals surface area contributed by atoms with Crippen molar-refractivity contribution in [3.05, 3.63) is 52.8 Å². The summed E-state index contributed by atoms with van der Waals surface area (Å²) in [6.45, 7) is 3.99. The summed E-state index contributed by atoms with van der Waals surface area (Å²) in [6.07, 6.45) is 4.00. The number of aliphatic carboxylic acids is 1. The highest BCUT2D eigenvalue weighted by Crippen LogP contribution is 2.34. The van der Waals surface area contributed by atoms with Crippen molar-refractivity contribution in [1.29, 1.82) is 0 Å². The van der Waals surface area contributed by atoms with Crippen LogP contribution in [0.1, 0.15) is 19.5 Å². The Hall–Kier alpha value is -2.16. The molecule has 9 heteroatoms. The molecule has 28 heavy (non-hydrogen) atoms. The molecule has 3 rings (SSSR count). The van der Waals surface area contributed by atoms with Gasteiger partial charge in [-0.2, -0.15) is 0 Å². The van der Waals surface area contributed by atoms with E-state index >= 15 is 0 Å². The fourth-order valence-electron chi connectivity index (χ4n) is 2.31. The summed E-state index contributed by atoms with van der Waals surface area (Å²) in [5.74, 6) is -0.157. The van der Waals surface area contributed by atoms with Crippen LogP contribution in [0.15, 0.2) is 46.4 Å². The molecular weight excluding hydrogens is 416 g/mol. The number of benzene rings is 1. The highest BCUT2D eigenvalue weighted by molar-refractivity contribution is 8.02. The molecule has 0 saturated heterocycles. The second-order valence-electron chi connectivity index (χ2n) is 6.46. The number of nitrogens with one attached hydrogen (secondary N) is 1. The van der Waals surface area contributed by atoms with Gasteiger partial charge in [0.25, 0.3) is 0 Å². The van der Waals surface area contributed by atoms with E-state index in [9.17, 15) is 9.90 Å². The van der Waals surface area contributed by atoms with E-state index in [0.29, 0.717) is 23.8 Å². The molecule has 0 aliphatic carbocycles. The lowest BCUT2D eigenvalue weighted by atomic mass is 10.1. The first-order valence-corrected chi connectivity index (χ1v) is 10.6. The predicted octanol–water partition coefficient (Wildman–Crippen LogP) is 4.86. The molecule has 1 aromatic carbocycles. The second kappa shape index (κ2) is 8.89. The van der Waals surface area contributed by atoms with E-state index in [0.717, 1.165) is 21.3 Å². The topological polar surface area (TPSA) is 88.0 Å². The van der Waals surface area contributed by atoms with E-state index < -0.39 is 10.7 Å². The molecule has 0 saturated carbocycles. The van der Waals surface area contributed by atoms with E-state index in [1.807, 2.05) is 29.6 Å². The third-order valence-electron chi connectivity index (χ3n) is 3.88. The van der Waals surface area contributed by atoms with Crippen molar-refractivity contribution in [1.82, 2.24) is 15.0 Å². The number of hydrogen-bond donors (Lipinski definition) is 2. The minimum absolute atomic E-state index is 0.634. The molecular formula is C19H19ClN4O2S2. The summed E-state index contributed by atoms with van der Waals surface area (Å²) in [5.41, 5.74) is 2.61. The molecule has 6 nitrogen and oxygen atoms in total. The van der Waals surface area contributed by atoms with Gasteiger partial charge in [-0.1, -0.05) is 35.5 Å². The highest BCUT2D eigenvalue weighted by atomic mass is 35.5. The Bertz CT molecular complexity index is 961. The van der Waals surface area contributed by atoms with E-state index in [2.05, 4.69) is 20.3 Å². The van der Waals surface area contributed by atoms with Gasteiger partial charge in [0.05, 0.1) is 5.69 Å². The lowest BCUT2D eigenvalue weighted by Crippen LogP contribution is -2.26. The monoisotopic (exact) mass is 434 g/mol. The number of nitrogens with zero attached hydrogens (tertiary/aromatic N) is 3. The van der Waals surface area contributed by atoms with Gasteiger partial charge in [-0.3, -0.25) is 9.78 Å². The van der Waals surface area contributed by atoms with Crippen molar-refractivity contribution in [3.63, 3.8) is 0 Å². The highest BCUT2D eigenvalue weighted by Gasteiger charge is 2.29. The molecule has 2 heterocycles. The van der Waals surface area contributed by atoms with Gasteiger partial charge in [-0.05, 0) is 26.0 Å². The van der Waals surface area contributed by atoms with Crippen LogP contribution in [0.3, 0.4) is 0 Å². The van der Waals surface area contributed by atoms with Crippen molar-refractivity contribution in [2.75, 3.05) is 11.9 Å². The largest absolute Gasteiger partial charge is 0.480 e. The Balaban J connectivity index is 1.62. The van der Waals surface area contributed by atoms with Crippen LogP contribution >= 0.6 is 34.7 Å². The van der Waals surface area contributed by atoms with Gasteiger partial charge in [0.15, 0.2) is 10.2 Å². The standard InChI is InChI=1S/C19H19ClN4O2S2/c1-19(2,17(25)26)28-18-24-14(11-27-18)7-8-22-16-15(21-9-10-23-16)12-3-5-13(20)6-4-12/h3-6,9-11H,7-8H2,1-2H3,(H,22,23)(H,25,26). The molecule has 2 N–H and O–H groups in total. The smallest absolute Gasteiger partial charge is 0.319 e. The fraction of sp³-hybridized carbons (Fsp3) is 0.263. The maximum absolute atomic E-state index is 11.3. The number of anilines is 1. The lowest BCUT2D eigenvalue weighted by molar-refractivity contribution is -0.138. The van der Waals surface area contributed by atoms with E-state index in [1.54, 1.807) is 26.2 Å². The van der Waals surface area contributed by atoms with Gasteiger partial charge in [0, 0.05) is 41.3 Å². The fourth-order valence-corrected chi connectivity index (χ4v) is 4.66. The zero-order chi connectivity index (χ0) is 20.1. The predicted molar refractivity (Wildman–Crippen MR) is 114 cm³/mol. The lowest BCUT2D eigenvalue weighted by Gasteiger charge is -2.15. The van der Waals surface area contributed by atoms with Crippen LogP contribution < -0.4 is 5.32 Å². The molecule has 0 spiro atoms. The maximum atomic E-state index is 11.3. The third-order valence-corrected chi connectivity index (χ3v) is 6.30. The minimum Gasteiger partial charge on any atom is -0.480 e. The number of thiazole rings is 1. The number of halogens is 1. The van der Waals surface area contributed by atoms with Crippen LogP contribution in [-0.2, 0) is 11.2 Å². The van der Waals surface area contributed by atoms with Crippen molar-refractivity contribution in [2.45, 2.75) is 29.4 Å². The Labute approximate surface area is 176 Å². The number of rotatable bonds is 8. The zero-order valence-electron chi connectivity index (χ0n) is 15.3. The van der Waals surface area contributed by atoms with Gasteiger partial charge < -0.3 is 10.4 Å². The Kier molecular flexibility index (Phi) is 6.53. The van der Waals surface area contributed by atoms with Crippen LogP contribution in [0, 0.1) is 0 Å². The Morgan fingerprint density at radius 3 is 2.68 bits per heavy atom. The maximum Gasteiger partial charge on any atom is 0.319 e. The van der Waals surface area contributed by atoms with Crippen molar-refractivity contribution in [3.8, 4) is 11.3 Å². The van der Waals surface area contributed by atoms with Crippen molar-refractivity contribution < 1.29 is 9.90 Å². The number of aromatic nitrogens is 3. The number of carboxylic acids is 1. The van der Waals surface area contributed by atoms with Crippen LogP contribution in [0.4, 0.5) is 5.82 Å². The summed E-state index contributed by atoms with van der Waals surface area (Å²) in [7, 11) is 0. The molecule has 0 radical (unpaired) electrons. The molecule has 0 unspecified atom stereocenters. The summed E-state index contributed by atoms with van der Waals surface area (Å²) >= 11 is 8.68. The summed E-state index contributed by atoms with van der Waals surface area (Å²) < 4.78 is -0.149. The average molecular weight is 435 g/mol. The molecule has 146 valence electrons. The molecule has 2 aromatic heterocycles. The molecule has 0 aliphatic rings. The SMILES string of the molecule is CC(C)(Sc1nc(CCNc2nccnc2-c2ccc(Cl)cc2)cs1)C(=O)O. The second-order valence-corrected chi connectivity index (χ2v) is 9.62. The molecule has 3 aromatic rings. The first-order valence-electron chi connectivity index (χ1n) is 8.53. The van der Waals surface area contributed by atoms with Crippen LogP contribution in [0.5, 0.6) is 0 Å². The molecule has 0 bridgehead atoms. The summed E-state index contributed by atoms with van der Waals surface area (Å²) in [6, 6.07) is 7.46. The summed E-state index contributed by atoms with van der Waals surface area (Å²) in [5, 5.41) is 15.2. The van der Waals surface area contributed by atoms with Gasteiger partial charge >= 0.3 is 5.97 Å². The first-order chi connectivity index (χ1) is 13.3. The Morgan fingerprint density at radius 2 is 1.96 bits per heavy atom. The van der Waals surface area contributed by atoms with Gasteiger partial charge in [-0.25, -0.2) is 9.97 Å². The first kappa shape index (κ1) is 20.6. The van der Waals surface area contributed by atoms with Crippen molar-refractivity contribution in [2.24, 2.45) is 0 Å². The van der Waals surface area contributed by atoms with Crippen LogP contribution in [0.25, 0.3) is 11.3 Å². The molecule has 0 amide bonds. The number of carboxylic acid groups (broad SMARTS) is 1. The van der Waals surface area contributed by atoms with Gasteiger partial charge in [0.1, 0.15) is 10.4 Å². The van der Waals surface area contributed by atoms with Crippen LogP contribution in [0.2, 0.25) is 5.02 Å². The average Bonchev–Trinajstić information content (AvgIpc) is 3.09. The van der Waals surface area contributed by atoms with Crippen LogP contribution in [-0.4, -0.2) is 37.3 Å². The third kappa shape index (κ3) is 5.21. The number of thioether (sulfide) groups is 1. The normalized spacial score (nSPS) is 11.4. The summed E-state index contributed by atoms with van der Waals surface area (Å²) in [4.78, 5) is 24.6. The van der Waals surface area contributed by atoms with Gasteiger partial charge in [0.2, 0.25) is 0 Å². The number of hydrogen-bond acceptors (Lipinski definition) is 7. The van der Waals surface area contributed by atoms with Gasteiger partial charge in [-0.15, -0.1) is 11.3 Å².